The van der Waals surface area contributed by atoms with Gasteiger partial charge in [0.05, 0.1) is 0 Å². The number of amides is 1. The Kier molecular flexibility index (Phi) is 4.84. The Bertz CT molecular complexity index is 249. The van der Waals surface area contributed by atoms with E-state index >= 15 is 0 Å². The Labute approximate surface area is 104 Å². The minimum absolute atomic E-state index is 0.259. The predicted molar refractivity (Wildman–Crippen MR) is 67.6 cm³/mol. The van der Waals surface area contributed by atoms with Crippen LogP contribution < -0.4 is 0 Å². The largest absolute Gasteiger partial charge is 0.396 e. The maximum absolute atomic E-state index is 12.0. The lowest BCUT2D eigenvalue weighted by atomic mass is 10.0. The summed E-state index contributed by atoms with van der Waals surface area (Å²) in [5.41, 5.74) is 0. The second-order valence-corrected chi connectivity index (χ2v) is 5.70. The summed E-state index contributed by atoms with van der Waals surface area (Å²) in [4.78, 5) is 14.0. The Morgan fingerprint density at radius 1 is 1.12 bits per heavy atom. The van der Waals surface area contributed by atoms with Crippen LogP contribution in [0.5, 0.6) is 0 Å². The summed E-state index contributed by atoms with van der Waals surface area (Å²) in [6.07, 6.45) is 9.17. The summed E-state index contributed by atoms with van der Waals surface area (Å²) in [6.45, 7) is 2.05. The van der Waals surface area contributed by atoms with E-state index in [-0.39, 0.29) is 6.61 Å². The van der Waals surface area contributed by atoms with Crippen molar-refractivity contribution in [3.05, 3.63) is 0 Å². The molecule has 1 saturated carbocycles. The van der Waals surface area contributed by atoms with E-state index in [2.05, 4.69) is 0 Å². The Morgan fingerprint density at radius 2 is 1.88 bits per heavy atom. The number of aliphatic hydroxyl groups excluding tert-OH is 1. The van der Waals surface area contributed by atoms with Crippen molar-refractivity contribution in [3.63, 3.8) is 0 Å². The minimum Gasteiger partial charge on any atom is -0.396 e. The summed E-state index contributed by atoms with van der Waals surface area (Å²) in [5, 5.41) is 8.90. The second kappa shape index (κ2) is 6.39. The fraction of sp³-hybridized carbons (Fsp3) is 0.929. The lowest BCUT2D eigenvalue weighted by Crippen LogP contribution is -2.28. The van der Waals surface area contributed by atoms with Crippen molar-refractivity contribution in [2.45, 2.75) is 51.4 Å². The molecule has 0 aromatic rings. The van der Waals surface area contributed by atoms with E-state index in [9.17, 15) is 4.79 Å². The number of aliphatic hydroxyl groups is 1. The third-order valence-electron chi connectivity index (χ3n) is 4.42. The molecule has 0 bridgehead atoms. The topological polar surface area (TPSA) is 40.5 Å². The lowest BCUT2D eigenvalue weighted by Gasteiger charge is -2.17. The molecule has 0 spiro atoms. The van der Waals surface area contributed by atoms with Gasteiger partial charge in [0.2, 0.25) is 5.91 Å². The molecule has 1 aliphatic heterocycles. The third kappa shape index (κ3) is 3.70. The number of rotatable bonds is 5. The number of nitrogens with zero attached hydrogens (tertiary/aromatic N) is 1. The second-order valence-electron chi connectivity index (χ2n) is 5.70. The van der Waals surface area contributed by atoms with E-state index in [1.165, 1.54) is 25.7 Å². The smallest absolute Gasteiger partial charge is 0.222 e. The molecule has 0 aromatic carbocycles. The highest BCUT2D eigenvalue weighted by Crippen LogP contribution is 2.29. The number of hydrogen-bond donors (Lipinski definition) is 1. The molecular weight excluding hydrogens is 214 g/mol. The molecule has 98 valence electrons. The summed E-state index contributed by atoms with van der Waals surface area (Å²) in [5.74, 6) is 1.70. The van der Waals surface area contributed by atoms with Gasteiger partial charge in [-0.3, -0.25) is 4.79 Å². The van der Waals surface area contributed by atoms with Crippen molar-refractivity contribution < 1.29 is 9.90 Å². The summed E-state index contributed by atoms with van der Waals surface area (Å²) in [6, 6.07) is 0. The van der Waals surface area contributed by atoms with Gasteiger partial charge in [-0.15, -0.1) is 0 Å². The summed E-state index contributed by atoms with van der Waals surface area (Å²) >= 11 is 0. The van der Waals surface area contributed by atoms with Crippen LogP contribution in [0.1, 0.15) is 51.4 Å². The van der Waals surface area contributed by atoms with Crippen LogP contribution >= 0.6 is 0 Å². The van der Waals surface area contributed by atoms with Crippen LogP contribution in [-0.2, 0) is 4.79 Å². The van der Waals surface area contributed by atoms with Gasteiger partial charge in [0.1, 0.15) is 0 Å². The van der Waals surface area contributed by atoms with Crippen molar-refractivity contribution in [2.24, 2.45) is 11.8 Å². The fourth-order valence-electron chi connectivity index (χ4n) is 3.26. The predicted octanol–water partition coefficient (Wildman–Crippen LogP) is 2.19. The maximum atomic E-state index is 12.0. The molecule has 1 heterocycles. The van der Waals surface area contributed by atoms with Crippen LogP contribution in [0.15, 0.2) is 0 Å². The Balaban J connectivity index is 1.66. The van der Waals surface area contributed by atoms with E-state index in [0.717, 1.165) is 44.7 Å². The number of likely N-dealkylation sites (tertiary alicyclic amines) is 1. The van der Waals surface area contributed by atoms with Crippen LogP contribution in [0.25, 0.3) is 0 Å². The fourth-order valence-corrected chi connectivity index (χ4v) is 3.26. The summed E-state index contributed by atoms with van der Waals surface area (Å²) < 4.78 is 0. The SMILES string of the molecule is O=C(CCC1CCCC1)N1CCC(CCO)C1. The van der Waals surface area contributed by atoms with Gasteiger partial charge in [0.15, 0.2) is 0 Å². The Hall–Kier alpha value is -0.570. The molecule has 2 rings (SSSR count). The molecule has 1 aliphatic carbocycles. The standard InChI is InChI=1S/C14H25NO2/c16-10-8-13-7-9-15(11-13)14(17)6-5-12-3-1-2-4-12/h12-13,16H,1-11H2. The quantitative estimate of drug-likeness (QED) is 0.799. The highest BCUT2D eigenvalue weighted by Gasteiger charge is 2.26. The number of carbonyl (C=O) groups excluding carboxylic acids is 1. The first-order valence-electron chi connectivity index (χ1n) is 7.18. The first-order valence-corrected chi connectivity index (χ1v) is 7.18. The van der Waals surface area contributed by atoms with E-state index in [4.69, 9.17) is 5.11 Å². The molecule has 17 heavy (non-hydrogen) atoms. The van der Waals surface area contributed by atoms with E-state index in [0.29, 0.717) is 11.8 Å². The average Bonchev–Trinajstić information content (AvgIpc) is 2.97. The summed E-state index contributed by atoms with van der Waals surface area (Å²) in [7, 11) is 0. The van der Waals surface area contributed by atoms with Gasteiger partial charge in [0.25, 0.3) is 0 Å². The van der Waals surface area contributed by atoms with E-state index in [1.807, 2.05) is 4.90 Å². The van der Waals surface area contributed by atoms with Crippen LogP contribution in [0, 0.1) is 11.8 Å². The maximum Gasteiger partial charge on any atom is 0.222 e. The molecule has 0 radical (unpaired) electrons. The van der Waals surface area contributed by atoms with Gasteiger partial charge in [-0.2, -0.15) is 0 Å². The molecule has 1 amide bonds. The highest BCUT2D eigenvalue weighted by molar-refractivity contribution is 5.76. The van der Waals surface area contributed by atoms with Crippen molar-refractivity contribution >= 4 is 5.91 Å². The average molecular weight is 239 g/mol. The molecule has 3 heteroatoms. The van der Waals surface area contributed by atoms with Gasteiger partial charge in [0, 0.05) is 26.1 Å². The zero-order chi connectivity index (χ0) is 12.1. The zero-order valence-corrected chi connectivity index (χ0v) is 10.7. The third-order valence-corrected chi connectivity index (χ3v) is 4.42. The molecule has 0 aromatic heterocycles. The zero-order valence-electron chi connectivity index (χ0n) is 10.7. The van der Waals surface area contributed by atoms with Crippen LogP contribution in [-0.4, -0.2) is 35.6 Å². The molecule has 3 nitrogen and oxygen atoms in total. The monoisotopic (exact) mass is 239 g/mol. The molecule has 1 atom stereocenters. The number of carbonyl (C=O) groups is 1. The molecule has 1 saturated heterocycles. The van der Waals surface area contributed by atoms with Crippen molar-refractivity contribution in [1.82, 2.24) is 4.90 Å². The van der Waals surface area contributed by atoms with Gasteiger partial charge >= 0.3 is 0 Å². The molecule has 1 N–H and O–H groups in total. The molecule has 2 fully saturated rings. The van der Waals surface area contributed by atoms with Crippen LogP contribution in [0.4, 0.5) is 0 Å². The lowest BCUT2D eigenvalue weighted by molar-refractivity contribution is -0.130. The van der Waals surface area contributed by atoms with Gasteiger partial charge in [-0.25, -0.2) is 0 Å². The first kappa shape index (κ1) is 12.9. The van der Waals surface area contributed by atoms with Gasteiger partial charge in [-0.05, 0) is 31.1 Å². The van der Waals surface area contributed by atoms with Crippen molar-refractivity contribution in [1.29, 1.82) is 0 Å². The minimum atomic E-state index is 0.259. The molecule has 2 aliphatic rings. The van der Waals surface area contributed by atoms with Gasteiger partial charge < -0.3 is 10.0 Å². The van der Waals surface area contributed by atoms with E-state index in [1.54, 1.807) is 0 Å². The molecule has 1 unspecified atom stereocenters. The van der Waals surface area contributed by atoms with Crippen LogP contribution in [0.2, 0.25) is 0 Å². The van der Waals surface area contributed by atoms with Crippen molar-refractivity contribution in [3.8, 4) is 0 Å². The molecular formula is C14H25NO2. The van der Waals surface area contributed by atoms with E-state index < -0.39 is 0 Å². The Morgan fingerprint density at radius 3 is 2.59 bits per heavy atom. The normalized spacial score (nSPS) is 25.7. The highest BCUT2D eigenvalue weighted by atomic mass is 16.3. The first-order chi connectivity index (χ1) is 8.29. The van der Waals surface area contributed by atoms with Crippen LogP contribution in [0.3, 0.4) is 0 Å². The van der Waals surface area contributed by atoms with Crippen molar-refractivity contribution in [2.75, 3.05) is 19.7 Å². The van der Waals surface area contributed by atoms with Gasteiger partial charge in [-0.1, -0.05) is 25.7 Å². The number of hydrogen-bond acceptors (Lipinski definition) is 2.